The van der Waals surface area contributed by atoms with E-state index in [9.17, 15) is 13.9 Å². The van der Waals surface area contributed by atoms with Crippen molar-refractivity contribution in [1.82, 2.24) is 15.5 Å². The van der Waals surface area contributed by atoms with Gasteiger partial charge in [-0.05, 0) is 38.8 Å². The van der Waals surface area contributed by atoms with E-state index < -0.39 is 6.61 Å². The number of aliphatic imine (C=N–C) groups is 1. The predicted molar refractivity (Wildman–Crippen MR) is 108 cm³/mol. The number of aliphatic hydroxyl groups is 1. The van der Waals surface area contributed by atoms with Crippen molar-refractivity contribution >= 4 is 5.96 Å². The van der Waals surface area contributed by atoms with E-state index in [4.69, 9.17) is 9.47 Å². The van der Waals surface area contributed by atoms with Crippen LogP contribution in [-0.4, -0.2) is 68.2 Å². The molecule has 3 rings (SSSR count). The van der Waals surface area contributed by atoms with E-state index in [1.165, 1.54) is 6.07 Å². The standard InChI is InChI=1S/C20H30F2N4O4/c1-2-23-20(24-6-3-7-26-8-4-15(27)5-9-26)25-12-14-10-17-18(29-13-28-17)11-16(14)30-19(21)22/h10-11,15,19,27H,2-9,12-13H2,1H3,(H2,23,24,25). The number of alkyl halides is 2. The molecule has 1 saturated heterocycles. The van der Waals surface area contributed by atoms with Crippen LogP contribution in [0.1, 0.15) is 31.7 Å². The first-order chi connectivity index (χ1) is 14.5. The smallest absolute Gasteiger partial charge is 0.387 e. The van der Waals surface area contributed by atoms with Gasteiger partial charge in [0, 0.05) is 37.8 Å². The largest absolute Gasteiger partial charge is 0.454 e. The van der Waals surface area contributed by atoms with E-state index in [2.05, 4.69) is 25.3 Å². The average molecular weight is 428 g/mol. The van der Waals surface area contributed by atoms with Gasteiger partial charge in [0.05, 0.1) is 12.6 Å². The summed E-state index contributed by atoms with van der Waals surface area (Å²) in [6.07, 6.45) is 2.43. The Balaban J connectivity index is 1.55. The molecule has 0 bridgehead atoms. The van der Waals surface area contributed by atoms with Gasteiger partial charge in [0.1, 0.15) is 5.75 Å². The van der Waals surface area contributed by atoms with Crippen LogP contribution in [0.2, 0.25) is 0 Å². The zero-order valence-electron chi connectivity index (χ0n) is 17.2. The van der Waals surface area contributed by atoms with Crippen molar-refractivity contribution in [3.63, 3.8) is 0 Å². The molecule has 0 aliphatic carbocycles. The number of nitrogens with zero attached hydrogens (tertiary/aromatic N) is 2. The van der Waals surface area contributed by atoms with Crippen molar-refractivity contribution in [2.24, 2.45) is 4.99 Å². The van der Waals surface area contributed by atoms with Crippen LogP contribution in [0.4, 0.5) is 8.78 Å². The van der Waals surface area contributed by atoms with Gasteiger partial charge in [-0.1, -0.05) is 0 Å². The number of rotatable bonds is 9. The van der Waals surface area contributed by atoms with Crippen molar-refractivity contribution < 1.29 is 28.1 Å². The molecule has 0 saturated carbocycles. The quantitative estimate of drug-likeness (QED) is 0.315. The molecule has 3 N–H and O–H groups in total. The molecule has 8 nitrogen and oxygen atoms in total. The third-order valence-electron chi connectivity index (χ3n) is 5.02. The Morgan fingerprint density at radius 3 is 2.70 bits per heavy atom. The molecule has 1 fully saturated rings. The maximum atomic E-state index is 12.8. The molecular weight excluding hydrogens is 398 g/mol. The molecule has 2 aliphatic rings. The number of halogens is 2. The lowest BCUT2D eigenvalue weighted by Crippen LogP contribution is -2.40. The Hall–Kier alpha value is -2.33. The molecule has 168 valence electrons. The molecule has 0 spiro atoms. The third-order valence-corrected chi connectivity index (χ3v) is 5.02. The van der Waals surface area contributed by atoms with Crippen molar-refractivity contribution in [2.45, 2.75) is 45.4 Å². The van der Waals surface area contributed by atoms with Gasteiger partial charge in [-0.15, -0.1) is 0 Å². The molecule has 0 aromatic heterocycles. The minimum absolute atomic E-state index is 0.0288. The zero-order valence-corrected chi connectivity index (χ0v) is 17.2. The molecule has 0 atom stereocenters. The lowest BCUT2D eigenvalue weighted by atomic mass is 10.1. The third kappa shape index (κ3) is 6.60. The maximum absolute atomic E-state index is 12.8. The molecule has 0 radical (unpaired) electrons. The lowest BCUT2D eigenvalue weighted by Gasteiger charge is -2.29. The van der Waals surface area contributed by atoms with Crippen LogP contribution in [0.3, 0.4) is 0 Å². The highest BCUT2D eigenvalue weighted by atomic mass is 19.3. The predicted octanol–water partition coefficient (Wildman–Crippen LogP) is 1.92. The molecule has 0 amide bonds. The minimum atomic E-state index is -2.93. The number of ether oxygens (including phenoxy) is 3. The van der Waals surface area contributed by atoms with Gasteiger partial charge in [-0.3, -0.25) is 0 Å². The van der Waals surface area contributed by atoms with E-state index >= 15 is 0 Å². The number of likely N-dealkylation sites (tertiary alicyclic amines) is 1. The van der Waals surface area contributed by atoms with Crippen LogP contribution in [0.25, 0.3) is 0 Å². The fourth-order valence-electron chi connectivity index (χ4n) is 3.45. The highest BCUT2D eigenvalue weighted by Crippen LogP contribution is 2.39. The van der Waals surface area contributed by atoms with Crippen LogP contribution in [0.5, 0.6) is 17.2 Å². The van der Waals surface area contributed by atoms with Crippen LogP contribution in [0, 0.1) is 0 Å². The van der Waals surface area contributed by atoms with Gasteiger partial charge >= 0.3 is 6.61 Å². The van der Waals surface area contributed by atoms with E-state index in [1.807, 2.05) is 6.92 Å². The first kappa shape index (κ1) is 22.4. The normalized spacial score (nSPS) is 17.4. The van der Waals surface area contributed by atoms with E-state index in [-0.39, 0.29) is 25.2 Å². The van der Waals surface area contributed by atoms with Gasteiger partial charge in [0.25, 0.3) is 0 Å². The Kier molecular flexibility index (Phi) is 8.32. The van der Waals surface area contributed by atoms with Crippen LogP contribution >= 0.6 is 0 Å². The molecule has 0 unspecified atom stereocenters. The number of benzene rings is 1. The van der Waals surface area contributed by atoms with E-state index in [0.29, 0.717) is 29.6 Å². The Morgan fingerprint density at radius 2 is 2.00 bits per heavy atom. The Labute approximate surface area is 175 Å². The monoisotopic (exact) mass is 428 g/mol. The number of fused-ring (bicyclic) bond motifs is 1. The van der Waals surface area contributed by atoms with Crippen LogP contribution < -0.4 is 24.8 Å². The minimum Gasteiger partial charge on any atom is -0.454 e. The van der Waals surface area contributed by atoms with Crippen molar-refractivity contribution in [3.05, 3.63) is 17.7 Å². The molecule has 2 aliphatic heterocycles. The molecule has 1 aromatic rings. The summed E-state index contributed by atoms with van der Waals surface area (Å²) < 4.78 is 40.8. The number of nitrogens with one attached hydrogen (secondary N) is 2. The second-order valence-corrected chi connectivity index (χ2v) is 7.24. The van der Waals surface area contributed by atoms with Gasteiger partial charge in [-0.25, -0.2) is 4.99 Å². The number of hydrogen-bond donors (Lipinski definition) is 3. The summed E-state index contributed by atoms with van der Waals surface area (Å²) in [5.74, 6) is 1.51. The highest BCUT2D eigenvalue weighted by molar-refractivity contribution is 5.79. The van der Waals surface area contributed by atoms with E-state index in [0.717, 1.165) is 45.4 Å². The summed E-state index contributed by atoms with van der Waals surface area (Å²) in [5.41, 5.74) is 0.489. The first-order valence-corrected chi connectivity index (χ1v) is 10.3. The number of piperidine rings is 1. The molecule has 30 heavy (non-hydrogen) atoms. The summed E-state index contributed by atoms with van der Waals surface area (Å²) in [5, 5.41) is 16.0. The molecule has 10 heteroatoms. The summed E-state index contributed by atoms with van der Waals surface area (Å²) >= 11 is 0. The lowest BCUT2D eigenvalue weighted by molar-refractivity contribution is -0.0505. The van der Waals surface area contributed by atoms with Crippen LogP contribution in [-0.2, 0) is 6.54 Å². The van der Waals surface area contributed by atoms with Gasteiger partial charge in [0.15, 0.2) is 17.5 Å². The van der Waals surface area contributed by atoms with Crippen molar-refractivity contribution in [1.29, 1.82) is 0 Å². The molecular formula is C20H30F2N4O4. The second kappa shape index (κ2) is 11.2. The molecule has 1 aromatic carbocycles. The molecule has 2 heterocycles. The Morgan fingerprint density at radius 1 is 1.27 bits per heavy atom. The van der Waals surface area contributed by atoms with Gasteiger partial charge < -0.3 is 34.9 Å². The van der Waals surface area contributed by atoms with Gasteiger partial charge in [0.2, 0.25) is 6.79 Å². The fraction of sp³-hybridized carbons (Fsp3) is 0.650. The Bertz CT molecular complexity index is 712. The maximum Gasteiger partial charge on any atom is 0.387 e. The number of aliphatic hydroxyl groups excluding tert-OH is 1. The van der Waals surface area contributed by atoms with Gasteiger partial charge in [-0.2, -0.15) is 8.78 Å². The van der Waals surface area contributed by atoms with Crippen molar-refractivity contribution in [3.8, 4) is 17.2 Å². The summed E-state index contributed by atoms with van der Waals surface area (Å²) in [4.78, 5) is 6.84. The summed E-state index contributed by atoms with van der Waals surface area (Å²) in [6.45, 7) is 3.43. The SMILES string of the molecule is CCNC(=NCc1cc2c(cc1OC(F)F)OCO2)NCCCN1CCC(O)CC1. The highest BCUT2D eigenvalue weighted by Gasteiger charge is 2.20. The topological polar surface area (TPSA) is 87.6 Å². The second-order valence-electron chi connectivity index (χ2n) is 7.24. The summed E-state index contributed by atoms with van der Waals surface area (Å²) in [7, 11) is 0. The fourth-order valence-corrected chi connectivity index (χ4v) is 3.45. The van der Waals surface area contributed by atoms with E-state index in [1.54, 1.807) is 6.07 Å². The van der Waals surface area contributed by atoms with Crippen LogP contribution in [0.15, 0.2) is 17.1 Å². The van der Waals surface area contributed by atoms with Crippen molar-refractivity contribution in [2.75, 3.05) is 39.5 Å². The summed E-state index contributed by atoms with van der Waals surface area (Å²) in [6, 6.07) is 3.03. The zero-order chi connectivity index (χ0) is 21.3. The first-order valence-electron chi connectivity index (χ1n) is 10.3. The number of hydrogen-bond acceptors (Lipinski definition) is 6. The number of guanidine groups is 1. The average Bonchev–Trinajstić information content (AvgIpc) is 3.17.